The number of rotatable bonds is 10. The molecular formula is C18H25N3O3. The third-order valence-electron chi connectivity index (χ3n) is 3.55. The molecule has 0 bridgehead atoms. The third kappa shape index (κ3) is 5.79. The number of hydrogen-bond donors (Lipinski definition) is 2. The van der Waals surface area contributed by atoms with Crippen LogP contribution in [0.2, 0.25) is 0 Å². The first kappa shape index (κ1) is 18.2. The van der Waals surface area contributed by atoms with Gasteiger partial charge in [-0.05, 0) is 6.92 Å². The maximum atomic E-state index is 11.8. The van der Waals surface area contributed by atoms with Crippen molar-refractivity contribution in [3.8, 4) is 11.3 Å². The molecule has 0 fully saturated rings. The van der Waals surface area contributed by atoms with Crippen LogP contribution >= 0.6 is 0 Å². The molecule has 0 aliphatic rings. The number of aryl methyl sites for hydroxylation is 2. The van der Waals surface area contributed by atoms with Crippen molar-refractivity contribution in [2.75, 3.05) is 33.4 Å². The smallest absolute Gasteiger partial charge is 0.220 e. The highest BCUT2D eigenvalue weighted by molar-refractivity contribution is 5.76. The van der Waals surface area contributed by atoms with Crippen molar-refractivity contribution in [3.63, 3.8) is 0 Å². The first-order chi connectivity index (χ1) is 11.7. The van der Waals surface area contributed by atoms with Gasteiger partial charge in [-0.25, -0.2) is 4.98 Å². The Labute approximate surface area is 142 Å². The summed E-state index contributed by atoms with van der Waals surface area (Å²) < 4.78 is 10.7. The first-order valence-corrected chi connectivity index (χ1v) is 8.18. The summed E-state index contributed by atoms with van der Waals surface area (Å²) in [4.78, 5) is 16.3. The fourth-order valence-electron chi connectivity index (χ4n) is 2.31. The fraction of sp³-hybridized carbons (Fsp3) is 0.444. The number of methoxy groups -OCH3 is 1. The molecule has 0 spiro atoms. The van der Waals surface area contributed by atoms with E-state index >= 15 is 0 Å². The van der Waals surface area contributed by atoms with E-state index in [1.165, 1.54) is 0 Å². The molecule has 0 saturated carbocycles. The van der Waals surface area contributed by atoms with Gasteiger partial charge in [-0.3, -0.25) is 4.79 Å². The topological polar surface area (TPSA) is 76.4 Å². The van der Waals surface area contributed by atoms with Crippen LogP contribution in [0.3, 0.4) is 0 Å². The summed E-state index contributed by atoms with van der Waals surface area (Å²) in [5.41, 5.74) is 1.85. The number of carbonyl (C=O) groups excluding carboxylic acids is 1. The normalized spacial score (nSPS) is 10.8. The fourth-order valence-corrected chi connectivity index (χ4v) is 2.31. The number of aromatic nitrogens is 1. The maximum Gasteiger partial charge on any atom is 0.220 e. The van der Waals surface area contributed by atoms with E-state index in [9.17, 15) is 4.79 Å². The van der Waals surface area contributed by atoms with Gasteiger partial charge < -0.3 is 19.8 Å². The van der Waals surface area contributed by atoms with Gasteiger partial charge >= 0.3 is 0 Å². The molecule has 130 valence electrons. The van der Waals surface area contributed by atoms with E-state index in [1.807, 2.05) is 37.3 Å². The van der Waals surface area contributed by atoms with E-state index in [0.29, 0.717) is 31.9 Å². The van der Waals surface area contributed by atoms with Gasteiger partial charge in [0.15, 0.2) is 11.7 Å². The Kier molecular flexibility index (Phi) is 7.45. The van der Waals surface area contributed by atoms with Crippen LogP contribution in [0.15, 0.2) is 34.7 Å². The molecule has 0 radical (unpaired) electrons. The Morgan fingerprint density at radius 2 is 2.00 bits per heavy atom. The van der Waals surface area contributed by atoms with Crippen molar-refractivity contribution in [2.45, 2.75) is 19.8 Å². The highest BCUT2D eigenvalue weighted by atomic mass is 16.5. The molecule has 2 rings (SSSR count). The zero-order valence-electron chi connectivity index (χ0n) is 14.3. The van der Waals surface area contributed by atoms with Crippen molar-refractivity contribution in [3.05, 3.63) is 41.9 Å². The van der Waals surface area contributed by atoms with Crippen molar-refractivity contribution in [2.24, 2.45) is 0 Å². The summed E-state index contributed by atoms with van der Waals surface area (Å²) in [6.45, 7) is 4.69. The Hall–Kier alpha value is -2.18. The molecule has 0 aliphatic heterocycles. The summed E-state index contributed by atoms with van der Waals surface area (Å²) in [7, 11) is 1.66. The molecule has 6 nitrogen and oxygen atoms in total. The zero-order valence-corrected chi connectivity index (χ0v) is 14.3. The minimum atomic E-state index is 0.000607. The van der Waals surface area contributed by atoms with Crippen molar-refractivity contribution < 1.29 is 13.9 Å². The van der Waals surface area contributed by atoms with Crippen LogP contribution in [0.25, 0.3) is 11.3 Å². The standard InChI is InChI=1S/C18H25N3O3/c1-14-18(15-6-4-3-5-7-15)24-17(21-14)9-8-16(22)20-11-10-19-12-13-23-2/h3-7,19H,8-13H2,1-2H3,(H,20,22). The molecular weight excluding hydrogens is 306 g/mol. The van der Waals surface area contributed by atoms with Crippen molar-refractivity contribution in [1.82, 2.24) is 15.6 Å². The van der Waals surface area contributed by atoms with Gasteiger partial charge in [-0.2, -0.15) is 0 Å². The number of nitrogens with zero attached hydrogens (tertiary/aromatic N) is 1. The second kappa shape index (κ2) is 9.85. The Morgan fingerprint density at radius 3 is 2.75 bits per heavy atom. The van der Waals surface area contributed by atoms with Crippen molar-refractivity contribution >= 4 is 5.91 Å². The van der Waals surface area contributed by atoms with Crippen LogP contribution in [0.5, 0.6) is 0 Å². The lowest BCUT2D eigenvalue weighted by Gasteiger charge is -2.05. The average Bonchev–Trinajstić information content (AvgIpc) is 2.98. The van der Waals surface area contributed by atoms with Crippen LogP contribution in [0.1, 0.15) is 18.0 Å². The molecule has 2 N–H and O–H groups in total. The molecule has 1 aromatic carbocycles. The van der Waals surface area contributed by atoms with E-state index in [4.69, 9.17) is 9.15 Å². The van der Waals surface area contributed by atoms with Gasteiger partial charge in [-0.1, -0.05) is 30.3 Å². The second-order valence-corrected chi connectivity index (χ2v) is 5.48. The lowest BCUT2D eigenvalue weighted by molar-refractivity contribution is -0.121. The number of benzene rings is 1. The monoisotopic (exact) mass is 331 g/mol. The maximum absolute atomic E-state index is 11.8. The van der Waals surface area contributed by atoms with Gasteiger partial charge in [0.1, 0.15) is 0 Å². The third-order valence-corrected chi connectivity index (χ3v) is 3.55. The molecule has 1 aromatic heterocycles. The SMILES string of the molecule is COCCNCCNC(=O)CCc1nc(C)c(-c2ccccc2)o1. The minimum absolute atomic E-state index is 0.000607. The predicted octanol–water partition coefficient (Wildman–Crippen LogP) is 1.93. The van der Waals surface area contributed by atoms with Crippen LogP contribution in [-0.4, -0.2) is 44.2 Å². The second-order valence-electron chi connectivity index (χ2n) is 5.48. The number of carbonyl (C=O) groups is 1. The summed E-state index contributed by atoms with van der Waals surface area (Å²) in [6, 6.07) is 9.86. The number of oxazole rings is 1. The molecule has 2 aromatic rings. The molecule has 1 heterocycles. The van der Waals surface area contributed by atoms with Crippen molar-refractivity contribution in [1.29, 1.82) is 0 Å². The van der Waals surface area contributed by atoms with E-state index in [-0.39, 0.29) is 5.91 Å². The quantitative estimate of drug-likeness (QED) is 0.651. The Bertz CT molecular complexity index is 626. The average molecular weight is 331 g/mol. The van der Waals surface area contributed by atoms with Crippen LogP contribution in [0.4, 0.5) is 0 Å². The number of nitrogens with one attached hydrogen (secondary N) is 2. The largest absolute Gasteiger partial charge is 0.440 e. The molecule has 6 heteroatoms. The molecule has 0 saturated heterocycles. The van der Waals surface area contributed by atoms with Crippen LogP contribution < -0.4 is 10.6 Å². The van der Waals surface area contributed by atoms with Gasteiger partial charge in [-0.15, -0.1) is 0 Å². The molecule has 0 atom stereocenters. The lowest BCUT2D eigenvalue weighted by Crippen LogP contribution is -2.33. The first-order valence-electron chi connectivity index (χ1n) is 8.18. The van der Waals surface area contributed by atoms with Gasteiger partial charge in [0.2, 0.25) is 5.91 Å². The summed E-state index contributed by atoms with van der Waals surface area (Å²) in [5.74, 6) is 1.37. The van der Waals surface area contributed by atoms with Gasteiger partial charge in [0.05, 0.1) is 12.3 Å². The van der Waals surface area contributed by atoms with E-state index in [2.05, 4.69) is 15.6 Å². The molecule has 24 heavy (non-hydrogen) atoms. The lowest BCUT2D eigenvalue weighted by atomic mass is 10.1. The number of ether oxygens (including phenoxy) is 1. The number of hydrogen-bond acceptors (Lipinski definition) is 5. The zero-order chi connectivity index (χ0) is 17.2. The van der Waals surface area contributed by atoms with E-state index < -0.39 is 0 Å². The summed E-state index contributed by atoms with van der Waals surface area (Å²) in [6.07, 6.45) is 0.864. The molecule has 0 aliphatic carbocycles. The summed E-state index contributed by atoms with van der Waals surface area (Å²) >= 11 is 0. The van der Waals surface area contributed by atoms with Crippen LogP contribution in [-0.2, 0) is 16.0 Å². The Balaban J connectivity index is 1.73. The van der Waals surface area contributed by atoms with Gasteiger partial charge in [0.25, 0.3) is 0 Å². The van der Waals surface area contributed by atoms with Crippen LogP contribution in [0, 0.1) is 6.92 Å². The highest BCUT2D eigenvalue weighted by Gasteiger charge is 2.12. The van der Waals surface area contributed by atoms with E-state index in [0.717, 1.165) is 30.1 Å². The van der Waals surface area contributed by atoms with E-state index in [1.54, 1.807) is 7.11 Å². The Morgan fingerprint density at radius 1 is 1.21 bits per heavy atom. The highest BCUT2D eigenvalue weighted by Crippen LogP contribution is 2.24. The summed E-state index contributed by atoms with van der Waals surface area (Å²) in [5, 5.41) is 6.05. The molecule has 0 unspecified atom stereocenters. The number of amides is 1. The molecule has 1 amide bonds. The van der Waals surface area contributed by atoms with Gasteiger partial charge in [0, 0.05) is 45.1 Å². The minimum Gasteiger partial charge on any atom is -0.440 e. The predicted molar refractivity (Wildman–Crippen MR) is 92.8 cm³/mol.